The number of nitrogens with zero attached hydrogens (tertiary/aromatic N) is 3. The number of hydrogen-bond acceptors (Lipinski definition) is 5. The van der Waals surface area contributed by atoms with Crippen LogP contribution in [0.15, 0.2) is 64.8 Å². The Kier molecular flexibility index (Phi) is 6.56. The quantitative estimate of drug-likeness (QED) is 0.572. The summed E-state index contributed by atoms with van der Waals surface area (Å²) in [5.41, 5.74) is 1.69. The molecule has 1 atom stereocenters. The van der Waals surface area contributed by atoms with Crippen LogP contribution in [0.25, 0.3) is 0 Å². The van der Waals surface area contributed by atoms with Crippen LogP contribution in [0.2, 0.25) is 0 Å². The topological polar surface area (TPSA) is 56.5 Å². The van der Waals surface area contributed by atoms with Crippen molar-refractivity contribution >= 4 is 28.4 Å². The summed E-state index contributed by atoms with van der Waals surface area (Å²) in [6, 6.07) is 13.3. The number of allylic oxidation sites excluding steroid dienone is 1. The fourth-order valence-electron chi connectivity index (χ4n) is 3.48. The lowest BCUT2D eigenvalue weighted by Gasteiger charge is -2.35. The molecule has 1 aliphatic rings. The number of amidine groups is 1. The largest absolute Gasteiger partial charge is 0.416 e. The Morgan fingerprint density at radius 3 is 2.45 bits per heavy atom. The fraction of sp³-hybridized carbons (Fsp3) is 0.261. The van der Waals surface area contributed by atoms with Gasteiger partial charge in [0.05, 0.1) is 17.2 Å². The summed E-state index contributed by atoms with van der Waals surface area (Å²) in [7, 11) is 0. The number of thioether (sulfide) groups is 1. The Labute approximate surface area is 183 Å². The van der Waals surface area contributed by atoms with E-state index in [1.54, 1.807) is 42.2 Å². The molecule has 0 fully saturated rings. The number of aliphatic imine (C=N–C) groups is 1. The van der Waals surface area contributed by atoms with Gasteiger partial charge in [0.15, 0.2) is 11.0 Å². The number of rotatable bonds is 4. The molecule has 0 spiro atoms. The molecule has 0 bridgehead atoms. The molecule has 0 N–H and O–H groups in total. The van der Waals surface area contributed by atoms with E-state index in [0.717, 1.165) is 17.7 Å². The third kappa shape index (κ3) is 4.67. The van der Waals surface area contributed by atoms with Gasteiger partial charge in [-0.3, -0.25) is 9.69 Å². The van der Waals surface area contributed by atoms with Gasteiger partial charge in [0.1, 0.15) is 6.04 Å². The van der Waals surface area contributed by atoms with E-state index in [9.17, 15) is 18.0 Å². The maximum Gasteiger partial charge on any atom is 0.416 e. The van der Waals surface area contributed by atoms with Crippen LogP contribution in [0, 0.1) is 11.3 Å². The highest BCUT2D eigenvalue weighted by molar-refractivity contribution is 8.14. The summed E-state index contributed by atoms with van der Waals surface area (Å²) in [6.07, 6.45) is -4.48. The first kappa shape index (κ1) is 22.6. The Morgan fingerprint density at radius 1 is 1.23 bits per heavy atom. The molecule has 160 valence electrons. The minimum atomic E-state index is -4.48. The number of benzene rings is 2. The highest BCUT2D eigenvalue weighted by Gasteiger charge is 2.35. The molecule has 2 aromatic rings. The lowest BCUT2D eigenvalue weighted by atomic mass is 9.93. The third-order valence-electron chi connectivity index (χ3n) is 4.87. The second-order valence-electron chi connectivity index (χ2n) is 6.92. The van der Waals surface area contributed by atoms with Crippen molar-refractivity contribution in [1.29, 1.82) is 5.26 Å². The van der Waals surface area contributed by atoms with Gasteiger partial charge in [-0.1, -0.05) is 36.9 Å². The van der Waals surface area contributed by atoms with Crippen molar-refractivity contribution in [2.24, 2.45) is 4.99 Å². The molecule has 8 heteroatoms. The van der Waals surface area contributed by atoms with E-state index in [2.05, 4.69) is 6.07 Å². The summed E-state index contributed by atoms with van der Waals surface area (Å²) in [5, 5.41) is 9.56. The monoisotopic (exact) mass is 443 g/mol. The molecular weight excluding hydrogens is 423 g/mol. The van der Waals surface area contributed by atoms with E-state index in [1.165, 1.54) is 24.8 Å². The van der Waals surface area contributed by atoms with E-state index in [4.69, 9.17) is 10.3 Å². The van der Waals surface area contributed by atoms with Crippen LogP contribution < -0.4 is 4.90 Å². The van der Waals surface area contributed by atoms with E-state index in [0.29, 0.717) is 33.4 Å². The van der Waals surface area contributed by atoms with Crippen molar-refractivity contribution in [2.45, 2.75) is 33.0 Å². The molecule has 4 nitrogen and oxygen atoms in total. The van der Waals surface area contributed by atoms with E-state index < -0.39 is 17.8 Å². The standard InChI is InChI=1S/C23H20F3N3OS/c1-4-31-22-28-21(17-10-8-16(13-27)9-11-17)20(15(3)30)14(2)29(22)19-7-5-6-18(12-19)23(24,25)26/h5-12,21H,4H2,1-3H3. The van der Waals surface area contributed by atoms with Crippen molar-refractivity contribution in [1.82, 2.24) is 0 Å². The average molecular weight is 443 g/mol. The van der Waals surface area contributed by atoms with Crippen LogP contribution in [0.4, 0.5) is 18.9 Å². The van der Waals surface area contributed by atoms with Crippen LogP contribution in [0.3, 0.4) is 0 Å². The van der Waals surface area contributed by atoms with Crippen LogP contribution in [-0.4, -0.2) is 16.7 Å². The first-order valence-corrected chi connectivity index (χ1v) is 10.6. The highest BCUT2D eigenvalue weighted by atomic mass is 32.2. The number of nitriles is 1. The summed E-state index contributed by atoms with van der Waals surface area (Å²) in [5.74, 6) is 0.435. The number of alkyl halides is 3. The van der Waals surface area contributed by atoms with Crippen LogP contribution in [0.5, 0.6) is 0 Å². The van der Waals surface area contributed by atoms with Gasteiger partial charge in [-0.2, -0.15) is 18.4 Å². The summed E-state index contributed by atoms with van der Waals surface area (Å²) >= 11 is 1.39. The van der Waals surface area contributed by atoms with Crippen molar-refractivity contribution in [3.8, 4) is 6.07 Å². The van der Waals surface area contributed by atoms with Gasteiger partial charge >= 0.3 is 6.18 Å². The summed E-state index contributed by atoms with van der Waals surface area (Å²) in [6.45, 7) is 5.07. The molecule has 3 rings (SSSR count). The minimum absolute atomic E-state index is 0.215. The van der Waals surface area contributed by atoms with Gasteiger partial charge in [0, 0.05) is 17.0 Å². The van der Waals surface area contributed by atoms with Gasteiger partial charge in [-0.05, 0) is 55.5 Å². The SMILES string of the molecule is CCSC1=NC(c2ccc(C#N)cc2)C(C(C)=O)=C(C)N1c1cccc(C(F)(F)F)c1. The van der Waals surface area contributed by atoms with Crippen LogP contribution in [-0.2, 0) is 11.0 Å². The first-order valence-electron chi connectivity index (χ1n) is 9.57. The summed E-state index contributed by atoms with van der Waals surface area (Å²) < 4.78 is 39.9. The van der Waals surface area contributed by atoms with Crippen molar-refractivity contribution in [2.75, 3.05) is 10.7 Å². The molecule has 0 aromatic heterocycles. The number of anilines is 1. The Morgan fingerprint density at radius 2 is 1.90 bits per heavy atom. The maximum atomic E-state index is 13.3. The number of ketones is 1. The predicted octanol–water partition coefficient (Wildman–Crippen LogP) is 6.11. The molecule has 0 amide bonds. The highest BCUT2D eigenvalue weighted by Crippen LogP contribution is 2.40. The predicted molar refractivity (Wildman–Crippen MR) is 117 cm³/mol. The van der Waals surface area contributed by atoms with Gasteiger partial charge in [0.2, 0.25) is 0 Å². The summed E-state index contributed by atoms with van der Waals surface area (Å²) in [4.78, 5) is 19.0. The Bertz CT molecular complexity index is 1100. The molecule has 1 heterocycles. The van der Waals surface area contributed by atoms with Crippen molar-refractivity contribution < 1.29 is 18.0 Å². The normalized spacial score (nSPS) is 16.7. The van der Waals surface area contributed by atoms with Crippen LogP contribution in [0.1, 0.15) is 43.5 Å². The smallest absolute Gasteiger partial charge is 0.295 e. The number of Topliss-reactive ketones (excluding diaryl/α,β-unsaturated/α-hetero) is 1. The van der Waals surface area contributed by atoms with E-state index >= 15 is 0 Å². The molecule has 2 aromatic carbocycles. The molecule has 1 aliphatic heterocycles. The molecule has 0 saturated carbocycles. The van der Waals surface area contributed by atoms with Crippen molar-refractivity contribution in [3.05, 3.63) is 76.5 Å². The van der Waals surface area contributed by atoms with Gasteiger partial charge < -0.3 is 0 Å². The lowest BCUT2D eigenvalue weighted by molar-refractivity contribution is -0.137. The number of hydrogen-bond donors (Lipinski definition) is 0. The zero-order valence-corrected chi connectivity index (χ0v) is 18.0. The minimum Gasteiger partial charge on any atom is -0.295 e. The van der Waals surface area contributed by atoms with E-state index in [-0.39, 0.29) is 5.78 Å². The molecule has 1 unspecified atom stereocenters. The number of carbonyl (C=O) groups excluding carboxylic acids is 1. The Balaban J connectivity index is 2.17. The number of carbonyl (C=O) groups is 1. The zero-order chi connectivity index (χ0) is 22.8. The molecule has 0 saturated heterocycles. The second-order valence-corrected chi connectivity index (χ2v) is 8.15. The van der Waals surface area contributed by atoms with Gasteiger partial charge in [-0.25, -0.2) is 4.99 Å². The molecule has 31 heavy (non-hydrogen) atoms. The third-order valence-corrected chi connectivity index (χ3v) is 5.70. The first-order chi connectivity index (χ1) is 14.7. The molecule has 0 radical (unpaired) electrons. The second kappa shape index (κ2) is 8.98. The molecule has 0 aliphatic carbocycles. The fourth-order valence-corrected chi connectivity index (χ4v) is 4.29. The lowest BCUT2D eigenvalue weighted by Crippen LogP contribution is -2.34. The van der Waals surface area contributed by atoms with Gasteiger partial charge in [0.25, 0.3) is 0 Å². The zero-order valence-electron chi connectivity index (χ0n) is 17.2. The Hall–Kier alpha value is -3.05. The van der Waals surface area contributed by atoms with Crippen molar-refractivity contribution in [3.63, 3.8) is 0 Å². The van der Waals surface area contributed by atoms with Crippen LogP contribution >= 0.6 is 11.8 Å². The maximum absolute atomic E-state index is 13.3. The molecular formula is C23H20F3N3OS. The van der Waals surface area contributed by atoms with Gasteiger partial charge in [-0.15, -0.1) is 0 Å². The average Bonchev–Trinajstić information content (AvgIpc) is 2.73. The number of halogens is 3. The van der Waals surface area contributed by atoms with E-state index in [1.807, 2.05) is 6.92 Å².